The van der Waals surface area contributed by atoms with E-state index in [0.29, 0.717) is 12.0 Å². The van der Waals surface area contributed by atoms with Crippen molar-refractivity contribution in [1.82, 2.24) is 5.32 Å². The first kappa shape index (κ1) is 15.8. The summed E-state index contributed by atoms with van der Waals surface area (Å²) in [6, 6.07) is 6.71. The van der Waals surface area contributed by atoms with Crippen molar-refractivity contribution in [2.75, 3.05) is 11.9 Å². The van der Waals surface area contributed by atoms with Gasteiger partial charge in [-0.25, -0.2) is 0 Å². The SMILES string of the molecule is CCC(CC)C(C)NC(C)c1ccc2c(c1)NC(=O)CO2. The van der Waals surface area contributed by atoms with Crippen LogP contribution in [-0.2, 0) is 4.79 Å². The molecule has 1 aliphatic heterocycles. The predicted octanol–water partition coefficient (Wildman–Crippen LogP) is 3.49. The lowest BCUT2D eigenvalue weighted by atomic mass is 9.94. The van der Waals surface area contributed by atoms with Crippen LogP contribution in [0.15, 0.2) is 18.2 Å². The summed E-state index contributed by atoms with van der Waals surface area (Å²) in [5.41, 5.74) is 1.94. The normalized spacial score (nSPS) is 16.9. The Morgan fingerprint density at radius 2 is 2.00 bits per heavy atom. The van der Waals surface area contributed by atoms with Crippen molar-refractivity contribution in [3.8, 4) is 5.75 Å². The van der Waals surface area contributed by atoms with E-state index in [1.807, 2.05) is 12.1 Å². The van der Waals surface area contributed by atoms with Gasteiger partial charge in [0.25, 0.3) is 5.91 Å². The van der Waals surface area contributed by atoms with E-state index in [1.165, 1.54) is 12.8 Å². The Hall–Kier alpha value is -1.55. The highest BCUT2D eigenvalue weighted by atomic mass is 16.5. The Labute approximate surface area is 127 Å². The van der Waals surface area contributed by atoms with Crippen molar-refractivity contribution in [2.45, 2.75) is 52.6 Å². The largest absolute Gasteiger partial charge is 0.482 e. The van der Waals surface area contributed by atoms with E-state index in [2.05, 4.69) is 44.4 Å². The van der Waals surface area contributed by atoms with E-state index >= 15 is 0 Å². The number of hydrogen-bond donors (Lipinski definition) is 2. The number of benzene rings is 1. The van der Waals surface area contributed by atoms with E-state index in [-0.39, 0.29) is 18.6 Å². The number of carbonyl (C=O) groups excluding carboxylic acids is 1. The van der Waals surface area contributed by atoms with E-state index in [4.69, 9.17) is 4.74 Å². The summed E-state index contributed by atoms with van der Waals surface area (Å²) in [6.07, 6.45) is 2.37. The second-order valence-electron chi connectivity index (χ2n) is 5.85. The minimum Gasteiger partial charge on any atom is -0.482 e. The molecule has 0 spiro atoms. The molecule has 2 atom stereocenters. The van der Waals surface area contributed by atoms with Crippen LogP contribution in [0.4, 0.5) is 5.69 Å². The average molecular weight is 290 g/mol. The number of carbonyl (C=O) groups is 1. The van der Waals surface area contributed by atoms with Crippen LogP contribution < -0.4 is 15.4 Å². The first-order valence-corrected chi connectivity index (χ1v) is 7.87. The Balaban J connectivity index is 2.07. The van der Waals surface area contributed by atoms with Crippen molar-refractivity contribution in [1.29, 1.82) is 0 Å². The van der Waals surface area contributed by atoms with Gasteiger partial charge in [-0.2, -0.15) is 0 Å². The fourth-order valence-corrected chi connectivity index (χ4v) is 2.99. The van der Waals surface area contributed by atoms with Crippen molar-refractivity contribution >= 4 is 11.6 Å². The Morgan fingerprint density at radius 1 is 1.29 bits per heavy atom. The summed E-state index contributed by atoms with van der Waals surface area (Å²) < 4.78 is 5.39. The maximum Gasteiger partial charge on any atom is 0.262 e. The predicted molar refractivity (Wildman–Crippen MR) is 85.7 cm³/mol. The first-order valence-electron chi connectivity index (χ1n) is 7.87. The molecule has 0 fully saturated rings. The molecule has 116 valence electrons. The molecule has 21 heavy (non-hydrogen) atoms. The number of hydrogen-bond acceptors (Lipinski definition) is 3. The standard InChI is InChI=1S/C17H26N2O2/c1-5-13(6-2)11(3)18-12(4)14-7-8-16-15(9-14)19-17(20)10-21-16/h7-9,11-13,18H,5-6,10H2,1-4H3,(H,19,20). The van der Waals surface area contributed by atoms with Crippen molar-refractivity contribution in [3.05, 3.63) is 23.8 Å². The zero-order valence-corrected chi connectivity index (χ0v) is 13.4. The number of nitrogens with one attached hydrogen (secondary N) is 2. The Morgan fingerprint density at radius 3 is 2.67 bits per heavy atom. The van der Waals surface area contributed by atoms with Crippen LogP contribution >= 0.6 is 0 Å². The van der Waals surface area contributed by atoms with Crippen molar-refractivity contribution < 1.29 is 9.53 Å². The number of anilines is 1. The molecule has 1 aliphatic rings. The summed E-state index contributed by atoms with van der Waals surface area (Å²) in [4.78, 5) is 11.4. The minimum atomic E-state index is -0.0920. The summed E-state index contributed by atoms with van der Waals surface area (Å²) in [5, 5.41) is 6.52. The molecule has 2 rings (SSSR count). The van der Waals surface area contributed by atoms with Crippen molar-refractivity contribution in [3.63, 3.8) is 0 Å². The van der Waals surface area contributed by atoms with Gasteiger partial charge >= 0.3 is 0 Å². The molecule has 0 aliphatic carbocycles. The highest BCUT2D eigenvalue weighted by Gasteiger charge is 2.19. The highest BCUT2D eigenvalue weighted by Crippen LogP contribution is 2.31. The summed E-state index contributed by atoms with van der Waals surface area (Å²) in [5.74, 6) is 1.34. The minimum absolute atomic E-state index is 0.0920. The Kier molecular flexibility index (Phi) is 5.23. The second-order valence-corrected chi connectivity index (χ2v) is 5.85. The van der Waals surface area contributed by atoms with Crippen LogP contribution in [0.2, 0.25) is 0 Å². The fourth-order valence-electron chi connectivity index (χ4n) is 2.99. The molecule has 1 amide bonds. The zero-order chi connectivity index (χ0) is 15.4. The summed E-state index contributed by atoms with van der Waals surface area (Å²) in [7, 11) is 0. The van der Waals surface area contributed by atoms with Gasteiger partial charge in [0, 0.05) is 12.1 Å². The third-order valence-corrected chi connectivity index (χ3v) is 4.41. The summed E-state index contributed by atoms with van der Waals surface area (Å²) >= 11 is 0. The molecule has 1 aromatic carbocycles. The lowest BCUT2D eigenvalue weighted by Crippen LogP contribution is -2.35. The number of ether oxygens (including phenoxy) is 1. The maximum absolute atomic E-state index is 11.4. The van der Waals surface area contributed by atoms with E-state index < -0.39 is 0 Å². The van der Waals surface area contributed by atoms with Gasteiger partial charge in [-0.3, -0.25) is 4.79 Å². The van der Waals surface area contributed by atoms with Gasteiger partial charge in [-0.1, -0.05) is 32.8 Å². The first-order chi connectivity index (χ1) is 10.0. The van der Waals surface area contributed by atoms with Gasteiger partial charge in [0.1, 0.15) is 5.75 Å². The topological polar surface area (TPSA) is 50.4 Å². The lowest BCUT2D eigenvalue weighted by Gasteiger charge is -2.27. The number of rotatable bonds is 6. The molecular weight excluding hydrogens is 264 g/mol. The van der Waals surface area contributed by atoms with Crippen LogP contribution in [0.5, 0.6) is 5.75 Å². The monoisotopic (exact) mass is 290 g/mol. The molecule has 0 saturated carbocycles. The smallest absolute Gasteiger partial charge is 0.262 e. The van der Waals surface area contributed by atoms with Gasteiger partial charge in [0.05, 0.1) is 5.69 Å². The van der Waals surface area contributed by atoms with Crippen LogP contribution in [0.25, 0.3) is 0 Å². The molecule has 1 heterocycles. The van der Waals surface area contributed by atoms with Gasteiger partial charge in [-0.15, -0.1) is 0 Å². The second kappa shape index (κ2) is 6.94. The van der Waals surface area contributed by atoms with Gasteiger partial charge in [0.15, 0.2) is 6.61 Å². The van der Waals surface area contributed by atoms with E-state index in [9.17, 15) is 4.79 Å². The molecule has 4 heteroatoms. The maximum atomic E-state index is 11.4. The molecule has 4 nitrogen and oxygen atoms in total. The number of fused-ring (bicyclic) bond motifs is 1. The van der Waals surface area contributed by atoms with Crippen LogP contribution in [-0.4, -0.2) is 18.6 Å². The summed E-state index contributed by atoms with van der Waals surface area (Å²) in [6.45, 7) is 8.99. The third kappa shape index (κ3) is 3.76. The molecule has 0 aromatic heterocycles. The van der Waals surface area contributed by atoms with Crippen LogP contribution in [0.3, 0.4) is 0 Å². The van der Waals surface area contributed by atoms with Crippen LogP contribution in [0, 0.1) is 5.92 Å². The van der Waals surface area contributed by atoms with Gasteiger partial charge in [-0.05, 0) is 37.5 Å². The molecule has 2 N–H and O–H groups in total. The van der Waals surface area contributed by atoms with Crippen LogP contribution in [0.1, 0.15) is 52.1 Å². The molecular formula is C17H26N2O2. The van der Waals surface area contributed by atoms with Gasteiger partial charge in [0.2, 0.25) is 0 Å². The van der Waals surface area contributed by atoms with E-state index in [0.717, 1.165) is 17.0 Å². The molecule has 2 unspecified atom stereocenters. The lowest BCUT2D eigenvalue weighted by molar-refractivity contribution is -0.118. The quantitative estimate of drug-likeness (QED) is 0.843. The molecule has 0 bridgehead atoms. The molecule has 0 saturated heterocycles. The Bertz CT molecular complexity index is 498. The molecule has 0 radical (unpaired) electrons. The zero-order valence-electron chi connectivity index (χ0n) is 13.4. The van der Waals surface area contributed by atoms with Crippen molar-refractivity contribution in [2.24, 2.45) is 5.92 Å². The third-order valence-electron chi connectivity index (χ3n) is 4.41. The highest BCUT2D eigenvalue weighted by molar-refractivity contribution is 5.95. The van der Waals surface area contributed by atoms with Gasteiger partial charge < -0.3 is 15.4 Å². The fraction of sp³-hybridized carbons (Fsp3) is 0.588. The number of amides is 1. The molecule has 1 aromatic rings. The van der Waals surface area contributed by atoms with E-state index in [1.54, 1.807) is 0 Å². The average Bonchev–Trinajstić information content (AvgIpc) is 2.47.